The molecule has 1 aliphatic heterocycles. The minimum atomic E-state index is -4.00. The van der Waals surface area contributed by atoms with Crippen LogP contribution in [-0.2, 0) is 26.8 Å². The van der Waals surface area contributed by atoms with E-state index in [0.717, 1.165) is 35.1 Å². The van der Waals surface area contributed by atoms with Crippen LogP contribution in [0, 0.1) is 13.8 Å². The van der Waals surface area contributed by atoms with Gasteiger partial charge >= 0.3 is 10.2 Å². The van der Waals surface area contributed by atoms with Gasteiger partial charge in [-0.15, -0.1) is 0 Å². The summed E-state index contributed by atoms with van der Waals surface area (Å²) in [5.74, 6) is 0.147. The Kier molecular flexibility index (Phi) is 4.81. The van der Waals surface area contributed by atoms with E-state index in [9.17, 15) is 13.2 Å². The van der Waals surface area contributed by atoms with Gasteiger partial charge in [-0.1, -0.05) is 24.3 Å². The maximum absolute atomic E-state index is 13.3. The number of fused-ring (bicyclic) bond motifs is 1. The van der Waals surface area contributed by atoms with E-state index in [-0.39, 0.29) is 0 Å². The number of amides is 1. The van der Waals surface area contributed by atoms with Crippen molar-refractivity contribution >= 4 is 21.8 Å². The van der Waals surface area contributed by atoms with Crippen molar-refractivity contribution in [3.05, 3.63) is 58.7 Å². The van der Waals surface area contributed by atoms with Crippen molar-refractivity contribution in [2.24, 2.45) is 0 Å². The molecule has 0 unspecified atom stereocenters. The van der Waals surface area contributed by atoms with Gasteiger partial charge in [-0.3, -0.25) is 9.10 Å². The van der Waals surface area contributed by atoms with Crippen LogP contribution in [0.25, 0.3) is 0 Å². The number of hydrogen-bond acceptors (Lipinski definition) is 4. The van der Waals surface area contributed by atoms with Crippen LogP contribution in [0.5, 0.6) is 5.75 Å². The summed E-state index contributed by atoms with van der Waals surface area (Å²) in [6.45, 7) is 4.29. The Morgan fingerprint density at radius 1 is 1.14 bits per heavy atom. The molecule has 0 saturated heterocycles. The molecule has 0 bridgehead atoms. The molecule has 1 N–H and O–H groups in total. The largest absolute Gasteiger partial charge is 0.496 e. The van der Waals surface area contributed by atoms with Crippen LogP contribution in [0.3, 0.4) is 0 Å². The van der Waals surface area contributed by atoms with Gasteiger partial charge in [0.25, 0.3) is 0 Å². The number of benzene rings is 2. The maximum Gasteiger partial charge on any atom is 0.326 e. The third-order valence-corrected chi connectivity index (χ3v) is 7.56. The zero-order valence-corrected chi connectivity index (χ0v) is 17.8. The second kappa shape index (κ2) is 7.06. The number of nitrogens with one attached hydrogen (secondary N) is 1. The van der Waals surface area contributed by atoms with E-state index in [0.29, 0.717) is 30.8 Å². The zero-order chi connectivity index (χ0) is 20.8. The van der Waals surface area contributed by atoms with E-state index in [2.05, 4.69) is 4.72 Å². The lowest BCUT2D eigenvalue weighted by molar-refractivity contribution is -0.121. The lowest BCUT2D eigenvalue weighted by Gasteiger charge is -2.31. The number of rotatable bonds is 5. The van der Waals surface area contributed by atoms with Crippen LogP contribution >= 0.6 is 0 Å². The summed E-state index contributed by atoms with van der Waals surface area (Å²) >= 11 is 0. The molecule has 2 aromatic carbocycles. The summed E-state index contributed by atoms with van der Waals surface area (Å²) in [6.07, 6.45) is 2.76. The third-order valence-electron chi connectivity index (χ3n) is 6.16. The monoisotopic (exact) mass is 414 g/mol. The van der Waals surface area contributed by atoms with Crippen molar-refractivity contribution < 1.29 is 17.9 Å². The van der Waals surface area contributed by atoms with E-state index in [4.69, 9.17) is 4.74 Å². The van der Waals surface area contributed by atoms with Gasteiger partial charge in [0.15, 0.2) is 0 Å². The fraction of sp³-hybridized carbons (Fsp3) is 0.409. The van der Waals surface area contributed by atoms with Crippen molar-refractivity contribution in [2.75, 3.05) is 18.0 Å². The molecule has 0 spiro atoms. The second-order valence-electron chi connectivity index (χ2n) is 7.91. The summed E-state index contributed by atoms with van der Waals surface area (Å²) < 4.78 is 35.5. The molecule has 2 aromatic rings. The van der Waals surface area contributed by atoms with Crippen LogP contribution in [-0.4, -0.2) is 28.0 Å². The molecule has 6 nitrogen and oxygen atoms in total. The molecule has 154 valence electrons. The Morgan fingerprint density at radius 2 is 1.86 bits per heavy atom. The fourth-order valence-corrected chi connectivity index (χ4v) is 5.64. The molecule has 1 aliphatic carbocycles. The first-order chi connectivity index (χ1) is 13.8. The van der Waals surface area contributed by atoms with E-state index < -0.39 is 21.5 Å². The number of methoxy groups -OCH3 is 1. The van der Waals surface area contributed by atoms with Gasteiger partial charge in [0.05, 0.1) is 18.2 Å². The summed E-state index contributed by atoms with van der Waals surface area (Å²) in [5, 5.41) is 0. The lowest BCUT2D eigenvalue weighted by atomic mass is 9.88. The highest BCUT2D eigenvalue weighted by molar-refractivity contribution is 7.91. The van der Waals surface area contributed by atoms with Crippen LogP contribution < -0.4 is 13.8 Å². The van der Waals surface area contributed by atoms with E-state index >= 15 is 0 Å². The molecule has 1 amide bonds. The van der Waals surface area contributed by atoms with Crippen molar-refractivity contribution in [2.45, 2.75) is 44.9 Å². The number of carbonyl (C=O) groups excluding carboxylic acids is 1. The number of carbonyl (C=O) groups is 1. The number of nitrogens with zero attached hydrogens (tertiary/aromatic N) is 1. The third kappa shape index (κ3) is 3.27. The molecule has 0 radical (unpaired) electrons. The standard InChI is InChI=1S/C22H26N2O4S/c1-15-10-11-19(28-3)20(16(15)2)22(12-13-22)21(25)23-29(26,27)24-14-6-8-17-7-4-5-9-18(17)24/h4-5,7,9-11H,6,8,12-14H2,1-3H3,(H,23,25). The normalized spacial score (nSPS) is 17.4. The summed E-state index contributed by atoms with van der Waals surface area (Å²) in [4.78, 5) is 13.3. The first kappa shape index (κ1) is 19.8. The Hall–Kier alpha value is -2.54. The summed E-state index contributed by atoms with van der Waals surface area (Å²) in [5.41, 5.74) is 3.59. The van der Waals surface area contributed by atoms with Crippen molar-refractivity contribution in [3.8, 4) is 5.75 Å². The van der Waals surface area contributed by atoms with Crippen molar-refractivity contribution in [3.63, 3.8) is 0 Å². The van der Waals surface area contributed by atoms with Crippen molar-refractivity contribution in [1.82, 2.24) is 4.72 Å². The molecule has 29 heavy (non-hydrogen) atoms. The average Bonchev–Trinajstić information content (AvgIpc) is 3.51. The Morgan fingerprint density at radius 3 is 2.55 bits per heavy atom. The number of hydrogen-bond donors (Lipinski definition) is 1. The zero-order valence-electron chi connectivity index (χ0n) is 17.0. The minimum Gasteiger partial charge on any atom is -0.496 e. The molecule has 0 atom stereocenters. The first-order valence-corrected chi connectivity index (χ1v) is 11.3. The van der Waals surface area contributed by atoms with Gasteiger partial charge in [0.2, 0.25) is 5.91 Å². The molecular formula is C22H26N2O4S. The van der Waals surface area contributed by atoms with Crippen LogP contribution in [0.1, 0.15) is 41.5 Å². The number of ether oxygens (including phenoxy) is 1. The van der Waals surface area contributed by atoms with E-state index in [1.54, 1.807) is 13.2 Å². The van der Waals surface area contributed by atoms with Gasteiger partial charge in [0, 0.05) is 12.1 Å². The Bertz CT molecular complexity index is 1070. The Labute approximate surface area is 172 Å². The number of aryl methyl sites for hydroxylation is 2. The topological polar surface area (TPSA) is 75.7 Å². The fourth-order valence-electron chi connectivity index (χ4n) is 4.29. The molecule has 4 rings (SSSR count). The first-order valence-electron chi connectivity index (χ1n) is 9.88. The van der Waals surface area contributed by atoms with E-state index in [1.165, 1.54) is 4.31 Å². The van der Waals surface area contributed by atoms with Gasteiger partial charge in [0.1, 0.15) is 5.75 Å². The van der Waals surface area contributed by atoms with Crippen LogP contribution in [0.4, 0.5) is 5.69 Å². The molecule has 0 aromatic heterocycles. The van der Waals surface area contributed by atoms with Crippen molar-refractivity contribution in [1.29, 1.82) is 0 Å². The highest BCUT2D eigenvalue weighted by Crippen LogP contribution is 2.53. The average molecular weight is 415 g/mol. The number of para-hydroxylation sites is 1. The van der Waals surface area contributed by atoms with E-state index in [1.807, 2.05) is 44.2 Å². The summed E-state index contributed by atoms with van der Waals surface area (Å²) in [6, 6.07) is 11.2. The Balaban J connectivity index is 1.66. The molecular weight excluding hydrogens is 388 g/mol. The predicted octanol–water partition coefficient (Wildman–Crippen LogP) is 3.16. The summed E-state index contributed by atoms with van der Waals surface area (Å²) in [7, 11) is -2.42. The molecule has 2 aliphatic rings. The highest BCUT2D eigenvalue weighted by atomic mass is 32.2. The predicted molar refractivity (Wildman–Crippen MR) is 113 cm³/mol. The molecule has 7 heteroatoms. The minimum absolute atomic E-state index is 0.361. The second-order valence-corrected chi connectivity index (χ2v) is 9.50. The smallest absolute Gasteiger partial charge is 0.326 e. The van der Waals surface area contributed by atoms with Gasteiger partial charge < -0.3 is 4.74 Å². The van der Waals surface area contributed by atoms with Gasteiger partial charge in [-0.2, -0.15) is 8.42 Å². The highest BCUT2D eigenvalue weighted by Gasteiger charge is 2.55. The van der Waals surface area contributed by atoms with Gasteiger partial charge in [-0.25, -0.2) is 4.72 Å². The molecule has 1 heterocycles. The SMILES string of the molecule is COc1ccc(C)c(C)c1C1(C(=O)NS(=O)(=O)N2CCCc3ccccc32)CC1. The number of anilines is 1. The van der Waals surface area contributed by atoms with Gasteiger partial charge in [-0.05, 0) is 68.4 Å². The molecule has 1 saturated carbocycles. The maximum atomic E-state index is 13.3. The quantitative estimate of drug-likeness (QED) is 0.816. The molecule has 1 fully saturated rings. The van der Waals surface area contributed by atoms with Crippen LogP contribution in [0.2, 0.25) is 0 Å². The lowest BCUT2D eigenvalue weighted by Crippen LogP contribution is -2.48. The van der Waals surface area contributed by atoms with Crippen LogP contribution in [0.15, 0.2) is 36.4 Å².